The smallest absolute Gasteiger partial charge is 0.317 e. The molecule has 4 heteroatoms. The molecule has 0 fully saturated rings. The second-order valence-corrected chi connectivity index (χ2v) is 5.14. The molecule has 0 spiro atoms. The third-order valence-electron chi connectivity index (χ3n) is 3.43. The van der Waals surface area contributed by atoms with E-state index in [0.717, 1.165) is 24.0 Å². The number of hydrogen-bond acceptors (Lipinski definition) is 4. The van der Waals surface area contributed by atoms with Gasteiger partial charge in [0.1, 0.15) is 17.4 Å². The molecular weight excluding hydrogens is 280 g/mol. The molecule has 0 atom stereocenters. The van der Waals surface area contributed by atoms with Crippen molar-refractivity contribution in [3.8, 4) is 11.5 Å². The molecule has 0 heterocycles. The summed E-state index contributed by atoms with van der Waals surface area (Å²) in [6, 6.07) is 13.0. The van der Waals surface area contributed by atoms with Gasteiger partial charge >= 0.3 is 5.97 Å². The van der Waals surface area contributed by atoms with Gasteiger partial charge in [-0.25, -0.2) is 0 Å². The van der Waals surface area contributed by atoms with Crippen LogP contribution in [0.3, 0.4) is 0 Å². The van der Waals surface area contributed by atoms with E-state index in [-0.39, 0.29) is 17.5 Å². The van der Waals surface area contributed by atoms with E-state index in [1.54, 1.807) is 48.5 Å². The van der Waals surface area contributed by atoms with Crippen LogP contribution in [0, 0.1) is 0 Å². The van der Waals surface area contributed by atoms with Gasteiger partial charge in [-0.2, -0.15) is 0 Å². The molecule has 0 unspecified atom stereocenters. The average Bonchev–Trinajstić information content (AvgIpc) is 2.52. The lowest BCUT2D eigenvalue weighted by atomic mass is 9.91. The molecule has 2 N–H and O–H groups in total. The molecule has 0 aliphatic carbocycles. The fourth-order valence-corrected chi connectivity index (χ4v) is 2.20. The second kappa shape index (κ2) is 7.50. The minimum Gasteiger partial charge on any atom is -0.508 e. The molecule has 22 heavy (non-hydrogen) atoms. The van der Waals surface area contributed by atoms with E-state index in [4.69, 9.17) is 4.74 Å². The van der Waals surface area contributed by atoms with Crippen molar-refractivity contribution in [1.82, 2.24) is 0 Å². The molecule has 0 radical (unpaired) electrons. The van der Waals surface area contributed by atoms with Crippen LogP contribution in [0.15, 0.2) is 48.5 Å². The van der Waals surface area contributed by atoms with Crippen molar-refractivity contribution in [1.29, 1.82) is 0 Å². The molecule has 2 aromatic carbocycles. The lowest BCUT2D eigenvalue weighted by Crippen LogP contribution is -2.18. The predicted octanol–water partition coefficient (Wildman–Crippen LogP) is 3.57. The van der Waals surface area contributed by atoms with Crippen LogP contribution in [0.1, 0.15) is 36.8 Å². The van der Waals surface area contributed by atoms with Gasteiger partial charge in [0.2, 0.25) is 0 Å². The summed E-state index contributed by atoms with van der Waals surface area (Å²) in [6.45, 7) is 2.42. The number of aromatic hydroxyl groups is 2. The maximum atomic E-state index is 12.4. The Morgan fingerprint density at radius 2 is 1.41 bits per heavy atom. The Morgan fingerprint density at radius 3 is 1.82 bits per heavy atom. The maximum absolute atomic E-state index is 12.4. The minimum absolute atomic E-state index is 0.146. The van der Waals surface area contributed by atoms with Crippen LogP contribution in [-0.4, -0.2) is 22.8 Å². The number of esters is 1. The number of benzene rings is 2. The maximum Gasteiger partial charge on any atom is 0.317 e. The van der Waals surface area contributed by atoms with Crippen molar-refractivity contribution in [2.24, 2.45) is 0 Å². The molecule has 4 nitrogen and oxygen atoms in total. The van der Waals surface area contributed by atoms with Crippen molar-refractivity contribution in [2.75, 3.05) is 6.61 Å². The molecule has 0 aromatic heterocycles. The number of ether oxygens (including phenoxy) is 1. The monoisotopic (exact) mass is 300 g/mol. The third-order valence-corrected chi connectivity index (χ3v) is 3.43. The number of phenols is 2. The van der Waals surface area contributed by atoms with Crippen LogP contribution in [0.5, 0.6) is 11.5 Å². The van der Waals surface area contributed by atoms with Crippen molar-refractivity contribution >= 4 is 5.97 Å². The first-order chi connectivity index (χ1) is 10.6. The van der Waals surface area contributed by atoms with Gasteiger partial charge in [0.05, 0.1) is 6.61 Å². The zero-order valence-electron chi connectivity index (χ0n) is 12.5. The first-order valence-electron chi connectivity index (χ1n) is 7.36. The van der Waals surface area contributed by atoms with E-state index in [1.165, 1.54) is 0 Å². The zero-order chi connectivity index (χ0) is 15.9. The van der Waals surface area contributed by atoms with Crippen LogP contribution in [-0.2, 0) is 9.53 Å². The van der Waals surface area contributed by atoms with Crippen LogP contribution in [0.25, 0.3) is 0 Å². The first kappa shape index (κ1) is 15.9. The molecule has 2 rings (SSSR count). The summed E-state index contributed by atoms with van der Waals surface area (Å²) in [4.78, 5) is 12.4. The number of carbonyl (C=O) groups is 1. The number of phenolic OH excluding ortho intramolecular Hbond substituents is 2. The highest BCUT2D eigenvalue weighted by Gasteiger charge is 2.24. The van der Waals surface area contributed by atoms with Crippen LogP contribution in [0.4, 0.5) is 0 Å². The van der Waals surface area contributed by atoms with Crippen molar-refractivity contribution < 1.29 is 19.7 Å². The Kier molecular flexibility index (Phi) is 5.42. The van der Waals surface area contributed by atoms with E-state index in [0.29, 0.717) is 6.61 Å². The fourth-order valence-electron chi connectivity index (χ4n) is 2.20. The average molecular weight is 300 g/mol. The Balaban J connectivity index is 2.29. The van der Waals surface area contributed by atoms with Crippen molar-refractivity contribution in [3.63, 3.8) is 0 Å². The highest BCUT2D eigenvalue weighted by Crippen LogP contribution is 2.28. The van der Waals surface area contributed by atoms with E-state index in [9.17, 15) is 15.0 Å². The molecule has 0 aliphatic rings. The lowest BCUT2D eigenvalue weighted by Gasteiger charge is -2.17. The Bertz CT molecular complexity index is 556. The lowest BCUT2D eigenvalue weighted by molar-refractivity contribution is -0.144. The molecule has 0 saturated carbocycles. The van der Waals surface area contributed by atoms with E-state index >= 15 is 0 Å². The summed E-state index contributed by atoms with van der Waals surface area (Å²) >= 11 is 0. The third kappa shape index (κ3) is 4.01. The van der Waals surface area contributed by atoms with Crippen LogP contribution >= 0.6 is 0 Å². The van der Waals surface area contributed by atoms with Crippen LogP contribution < -0.4 is 0 Å². The summed E-state index contributed by atoms with van der Waals surface area (Å²) in [7, 11) is 0. The van der Waals surface area contributed by atoms with Gasteiger partial charge in [-0.1, -0.05) is 37.6 Å². The minimum atomic E-state index is -0.571. The number of unbranched alkanes of at least 4 members (excludes halogenated alkanes) is 1. The molecule has 116 valence electrons. The molecule has 0 saturated heterocycles. The standard InChI is InChI=1S/C18H20O4/c1-2-3-12-22-18(21)17(13-4-8-15(19)9-5-13)14-6-10-16(20)11-7-14/h4-11,17,19-20H,2-3,12H2,1H3. The fraction of sp³-hybridized carbons (Fsp3) is 0.278. The highest BCUT2D eigenvalue weighted by atomic mass is 16.5. The largest absolute Gasteiger partial charge is 0.508 e. The highest BCUT2D eigenvalue weighted by molar-refractivity contribution is 5.82. The predicted molar refractivity (Wildman–Crippen MR) is 83.9 cm³/mol. The van der Waals surface area contributed by atoms with Gasteiger partial charge in [-0.15, -0.1) is 0 Å². The van der Waals surface area contributed by atoms with Gasteiger partial charge in [0.15, 0.2) is 0 Å². The van der Waals surface area contributed by atoms with Gasteiger partial charge in [-0.05, 0) is 41.8 Å². The second-order valence-electron chi connectivity index (χ2n) is 5.14. The van der Waals surface area contributed by atoms with E-state index in [2.05, 4.69) is 0 Å². The topological polar surface area (TPSA) is 66.8 Å². The molecule has 2 aromatic rings. The van der Waals surface area contributed by atoms with Crippen molar-refractivity contribution in [3.05, 3.63) is 59.7 Å². The molecule has 0 amide bonds. The van der Waals surface area contributed by atoms with Gasteiger partial charge in [0.25, 0.3) is 0 Å². The Hall–Kier alpha value is -2.49. The van der Waals surface area contributed by atoms with Crippen LogP contribution in [0.2, 0.25) is 0 Å². The van der Waals surface area contributed by atoms with E-state index < -0.39 is 5.92 Å². The van der Waals surface area contributed by atoms with Gasteiger partial charge in [0, 0.05) is 0 Å². The summed E-state index contributed by atoms with van der Waals surface area (Å²) in [6.07, 6.45) is 1.78. The quantitative estimate of drug-likeness (QED) is 0.632. The Labute approximate surface area is 130 Å². The summed E-state index contributed by atoms with van der Waals surface area (Å²) < 4.78 is 5.35. The van der Waals surface area contributed by atoms with Crippen molar-refractivity contribution in [2.45, 2.75) is 25.7 Å². The zero-order valence-corrected chi connectivity index (χ0v) is 12.5. The summed E-state index contributed by atoms with van der Waals surface area (Å²) in [5.74, 6) is -0.608. The SMILES string of the molecule is CCCCOC(=O)C(c1ccc(O)cc1)c1ccc(O)cc1. The number of rotatable bonds is 6. The van der Waals surface area contributed by atoms with Gasteiger partial charge in [-0.3, -0.25) is 4.79 Å². The number of hydrogen-bond donors (Lipinski definition) is 2. The molecule has 0 bridgehead atoms. The van der Waals surface area contributed by atoms with E-state index in [1.807, 2.05) is 6.92 Å². The number of carbonyl (C=O) groups excluding carboxylic acids is 1. The summed E-state index contributed by atoms with van der Waals surface area (Å²) in [5, 5.41) is 18.8. The summed E-state index contributed by atoms with van der Waals surface area (Å²) in [5.41, 5.74) is 1.48. The Morgan fingerprint density at radius 1 is 0.955 bits per heavy atom. The molecule has 0 aliphatic heterocycles. The normalized spacial score (nSPS) is 10.6. The van der Waals surface area contributed by atoms with Gasteiger partial charge < -0.3 is 14.9 Å². The molecular formula is C18H20O4. The first-order valence-corrected chi connectivity index (χ1v) is 7.36.